The van der Waals surface area contributed by atoms with Gasteiger partial charge in [-0.1, -0.05) is 42.5 Å². The Kier molecular flexibility index (Phi) is 8.28. The zero-order chi connectivity index (χ0) is 22.9. The van der Waals surface area contributed by atoms with E-state index in [0.717, 1.165) is 49.9 Å². The van der Waals surface area contributed by atoms with Crippen LogP contribution in [0.5, 0.6) is 5.75 Å². The van der Waals surface area contributed by atoms with Crippen molar-refractivity contribution >= 4 is 23.4 Å². The lowest BCUT2D eigenvalue weighted by Gasteiger charge is -2.36. The number of amides is 1. The van der Waals surface area contributed by atoms with Gasteiger partial charge in [0.1, 0.15) is 5.75 Å². The zero-order valence-electron chi connectivity index (χ0n) is 19.1. The first kappa shape index (κ1) is 23.2. The van der Waals surface area contributed by atoms with Crippen molar-refractivity contribution in [1.82, 2.24) is 10.2 Å². The maximum atomic E-state index is 12.4. The molecule has 3 aromatic rings. The minimum atomic E-state index is -0.0133. The Morgan fingerprint density at radius 2 is 1.61 bits per heavy atom. The fourth-order valence-corrected chi connectivity index (χ4v) is 4.80. The van der Waals surface area contributed by atoms with Gasteiger partial charge in [0.25, 0.3) is 5.91 Å². The van der Waals surface area contributed by atoms with Gasteiger partial charge in [-0.25, -0.2) is 0 Å². The summed E-state index contributed by atoms with van der Waals surface area (Å²) in [4.78, 5) is 18.5. The van der Waals surface area contributed by atoms with Crippen LogP contribution in [0.4, 0.5) is 5.69 Å². The number of piperazine rings is 1. The molecule has 6 heteroatoms. The predicted octanol–water partition coefficient (Wildman–Crippen LogP) is 4.54. The summed E-state index contributed by atoms with van der Waals surface area (Å²) >= 11 is 1.75. The van der Waals surface area contributed by atoms with Gasteiger partial charge in [0.05, 0.1) is 12.8 Å². The van der Waals surface area contributed by atoms with E-state index in [1.165, 1.54) is 10.5 Å². The van der Waals surface area contributed by atoms with Crippen LogP contribution in [0.25, 0.3) is 0 Å². The molecule has 0 atom stereocenters. The smallest absolute Gasteiger partial charge is 0.251 e. The molecule has 0 aliphatic carbocycles. The molecule has 33 heavy (non-hydrogen) atoms. The highest BCUT2D eigenvalue weighted by molar-refractivity contribution is 7.99. The number of hydrogen-bond acceptors (Lipinski definition) is 5. The summed E-state index contributed by atoms with van der Waals surface area (Å²) < 4.78 is 5.51. The van der Waals surface area contributed by atoms with E-state index in [9.17, 15) is 4.79 Å². The summed E-state index contributed by atoms with van der Waals surface area (Å²) in [5, 5.41) is 3.01. The van der Waals surface area contributed by atoms with Gasteiger partial charge in [0, 0.05) is 55.5 Å². The average Bonchev–Trinajstić information content (AvgIpc) is 2.88. The molecule has 0 radical (unpaired) electrons. The lowest BCUT2D eigenvalue weighted by atomic mass is 10.1. The predicted molar refractivity (Wildman–Crippen MR) is 136 cm³/mol. The van der Waals surface area contributed by atoms with E-state index in [-0.39, 0.29) is 5.91 Å². The number of anilines is 1. The van der Waals surface area contributed by atoms with Gasteiger partial charge in [0.2, 0.25) is 0 Å². The van der Waals surface area contributed by atoms with Gasteiger partial charge in [0.15, 0.2) is 0 Å². The van der Waals surface area contributed by atoms with Crippen LogP contribution in [-0.4, -0.2) is 56.4 Å². The fraction of sp³-hybridized carbons (Fsp3) is 0.296. The standard InChI is InChI=1S/C27H31N3O2S/c1-32-26-10-6-5-9-25(26)30-18-16-29(17-19-30)21-22-11-13-23(14-12-22)27(31)28-15-20-33-24-7-3-2-4-8-24/h2-14H,15-21H2,1H3,(H,28,31). The van der Waals surface area contributed by atoms with Crippen LogP contribution in [0.1, 0.15) is 15.9 Å². The lowest BCUT2D eigenvalue weighted by Crippen LogP contribution is -2.46. The molecule has 1 N–H and O–H groups in total. The van der Waals surface area contributed by atoms with Gasteiger partial charge in [-0.05, 0) is 42.0 Å². The first-order valence-electron chi connectivity index (χ1n) is 11.4. The molecule has 0 unspecified atom stereocenters. The van der Waals surface area contributed by atoms with Crippen molar-refractivity contribution < 1.29 is 9.53 Å². The largest absolute Gasteiger partial charge is 0.495 e. The third kappa shape index (κ3) is 6.53. The Hall–Kier alpha value is -2.96. The summed E-state index contributed by atoms with van der Waals surface area (Å²) in [5.41, 5.74) is 3.11. The van der Waals surface area contributed by atoms with Crippen molar-refractivity contribution in [3.8, 4) is 5.75 Å². The lowest BCUT2D eigenvalue weighted by molar-refractivity contribution is 0.0956. The normalized spacial score (nSPS) is 14.2. The van der Waals surface area contributed by atoms with Crippen LogP contribution in [0.3, 0.4) is 0 Å². The van der Waals surface area contributed by atoms with Crippen molar-refractivity contribution in [2.75, 3.05) is 50.5 Å². The molecule has 172 valence electrons. The number of carbonyl (C=O) groups excluding carboxylic acids is 1. The molecule has 0 aromatic heterocycles. The van der Waals surface area contributed by atoms with Crippen LogP contribution >= 0.6 is 11.8 Å². The molecule has 4 rings (SSSR count). The zero-order valence-corrected chi connectivity index (χ0v) is 19.9. The Labute approximate surface area is 200 Å². The van der Waals surface area contributed by atoms with E-state index in [0.29, 0.717) is 12.1 Å². The van der Waals surface area contributed by atoms with Gasteiger partial charge < -0.3 is 15.0 Å². The maximum Gasteiger partial charge on any atom is 0.251 e. The molecule has 5 nitrogen and oxygen atoms in total. The van der Waals surface area contributed by atoms with Crippen molar-refractivity contribution in [3.05, 3.63) is 90.0 Å². The third-order valence-corrected chi connectivity index (χ3v) is 6.83. The van der Waals surface area contributed by atoms with Crippen molar-refractivity contribution in [3.63, 3.8) is 0 Å². The maximum absolute atomic E-state index is 12.4. The second-order valence-electron chi connectivity index (χ2n) is 8.05. The molecule has 1 fully saturated rings. The van der Waals surface area contributed by atoms with E-state index in [2.05, 4.69) is 51.5 Å². The number of benzene rings is 3. The van der Waals surface area contributed by atoms with Crippen LogP contribution in [-0.2, 0) is 6.54 Å². The first-order valence-corrected chi connectivity index (χ1v) is 12.4. The minimum Gasteiger partial charge on any atom is -0.495 e. The van der Waals surface area contributed by atoms with Crippen LogP contribution in [0, 0.1) is 0 Å². The molecule has 0 saturated carbocycles. The number of carbonyl (C=O) groups is 1. The fourth-order valence-electron chi connectivity index (χ4n) is 4.01. The van der Waals surface area contributed by atoms with Gasteiger partial charge in [-0.15, -0.1) is 11.8 Å². The molecule has 3 aromatic carbocycles. The van der Waals surface area contributed by atoms with Gasteiger partial charge in [-0.2, -0.15) is 0 Å². The highest BCUT2D eigenvalue weighted by Gasteiger charge is 2.19. The summed E-state index contributed by atoms with van der Waals surface area (Å²) in [6, 6.07) is 26.5. The Morgan fingerprint density at radius 3 is 2.33 bits per heavy atom. The molecule has 1 aliphatic heterocycles. The molecule has 1 heterocycles. The summed E-state index contributed by atoms with van der Waals surface area (Å²) in [7, 11) is 1.72. The molecular formula is C27H31N3O2S. The number of para-hydroxylation sites is 2. The van der Waals surface area contributed by atoms with E-state index in [1.54, 1.807) is 18.9 Å². The molecular weight excluding hydrogens is 430 g/mol. The van der Waals surface area contributed by atoms with E-state index in [4.69, 9.17) is 4.74 Å². The quantitative estimate of drug-likeness (QED) is 0.374. The number of thioether (sulfide) groups is 1. The summed E-state index contributed by atoms with van der Waals surface area (Å²) in [5.74, 6) is 1.77. The molecule has 1 aliphatic rings. The molecule has 0 bridgehead atoms. The van der Waals surface area contributed by atoms with Crippen LogP contribution < -0.4 is 15.0 Å². The van der Waals surface area contributed by atoms with E-state index < -0.39 is 0 Å². The van der Waals surface area contributed by atoms with Gasteiger partial charge >= 0.3 is 0 Å². The van der Waals surface area contributed by atoms with Crippen molar-refractivity contribution in [2.45, 2.75) is 11.4 Å². The number of methoxy groups -OCH3 is 1. The SMILES string of the molecule is COc1ccccc1N1CCN(Cc2ccc(C(=O)NCCSc3ccccc3)cc2)CC1. The first-order chi connectivity index (χ1) is 16.2. The Morgan fingerprint density at radius 1 is 0.909 bits per heavy atom. The number of hydrogen-bond donors (Lipinski definition) is 1. The summed E-state index contributed by atoms with van der Waals surface area (Å²) in [6.07, 6.45) is 0. The highest BCUT2D eigenvalue weighted by Crippen LogP contribution is 2.28. The minimum absolute atomic E-state index is 0.0133. The second-order valence-corrected chi connectivity index (χ2v) is 9.22. The van der Waals surface area contributed by atoms with E-state index >= 15 is 0 Å². The number of nitrogens with zero attached hydrogens (tertiary/aromatic N) is 2. The van der Waals surface area contributed by atoms with Crippen molar-refractivity contribution in [2.24, 2.45) is 0 Å². The highest BCUT2D eigenvalue weighted by atomic mass is 32.2. The van der Waals surface area contributed by atoms with Gasteiger partial charge in [-0.3, -0.25) is 9.69 Å². The Bertz CT molecular complexity index is 1020. The number of rotatable bonds is 9. The monoisotopic (exact) mass is 461 g/mol. The molecule has 1 amide bonds. The number of nitrogens with one attached hydrogen (secondary N) is 1. The summed E-state index contributed by atoms with van der Waals surface area (Å²) in [6.45, 7) is 5.49. The average molecular weight is 462 g/mol. The second kappa shape index (κ2) is 11.8. The van der Waals surface area contributed by atoms with Crippen LogP contribution in [0.15, 0.2) is 83.8 Å². The third-order valence-electron chi connectivity index (χ3n) is 5.82. The van der Waals surface area contributed by atoms with Crippen molar-refractivity contribution in [1.29, 1.82) is 0 Å². The topological polar surface area (TPSA) is 44.8 Å². The van der Waals surface area contributed by atoms with Crippen LogP contribution in [0.2, 0.25) is 0 Å². The van der Waals surface area contributed by atoms with E-state index in [1.807, 2.05) is 42.5 Å². The molecule has 0 spiro atoms. The Balaban J connectivity index is 1.21. The number of ether oxygens (including phenoxy) is 1. The molecule has 1 saturated heterocycles.